The second-order valence-electron chi connectivity index (χ2n) is 4.40. The summed E-state index contributed by atoms with van der Waals surface area (Å²) in [6.45, 7) is 5.66. The lowest BCUT2D eigenvalue weighted by molar-refractivity contribution is 0.471. The summed E-state index contributed by atoms with van der Waals surface area (Å²) in [5.74, 6) is 0.321. The van der Waals surface area contributed by atoms with E-state index in [9.17, 15) is 5.11 Å². The zero-order chi connectivity index (χ0) is 13.0. The molecule has 0 aliphatic carbocycles. The Morgan fingerprint density at radius 2 is 2.17 bits per heavy atom. The lowest BCUT2D eigenvalue weighted by Gasteiger charge is -2.09. The maximum Gasteiger partial charge on any atom is 0.120 e. The molecule has 96 valence electrons. The Bertz CT molecular complexity index is 520. The van der Waals surface area contributed by atoms with Crippen molar-refractivity contribution in [3.05, 3.63) is 41.7 Å². The van der Waals surface area contributed by atoms with E-state index in [2.05, 4.69) is 17.3 Å². The Morgan fingerprint density at radius 3 is 2.89 bits per heavy atom. The van der Waals surface area contributed by atoms with Gasteiger partial charge >= 0.3 is 0 Å². The Balaban J connectivity index is 2.02. The first-order chi connectivity index (χ1) is 8.70. The van der Waals surface area contributed by atoms with Crippen molar-refractivity contribution in [1.82, 2.24) is 9.78 Å². The molecule has 18 heavy (non-hydrogen) atoms. The van der Waals surface area contributed by atoms with Gasteiger partial charge in [-0.25, -0.2) is 0 Å². The van der Waals surface area contributed by atoms with Crippen LogP contribution < -0.4 is 5.32 Å². The molecule has 0 radical (unpaired) electrons. The minimum atomic E-state index is 0.321. The number of nitrogens with zero attached hydrogens (tertiary/aromatic N) is 2. The first-order valence-electron chi connectivity index (χ1n) is 6.25. The summed E-state index contributed by atoms with van der Waals surface area (Å²) in [7, 11) is 0. The van der Waals surface area contributed by atoms with Gasteiger partial charge in [-0.3, -0.25) is 4.68 Å². The summed E-state index contributed by atoms with van der Waals surface area (Å²) in [6.07, 6.45) is 2.89. The van der Waals surface area contributed by atoms with E-state index >= 15 is 0 Å². The SMILES string of the molecule is CCCn1nccc1CNc1ccc(C)c(O)c1. The Labute approximate surface area is 107 Å². The van der Waals surface area contributed by atoms with E-state index in [0.717, 1.165) is 29.9 Å². The van der Waals surface area contributed by atoms with Gasteiger partial charge in [-0.2, -0.15) is 5.10 Å². The average molecular weight is 245 g/mol. The highest BCUT2D eigenvalue weighted by Gasteiger charge is 2.02. The Kier molecular flexibility index (Phi) is 3.87. The monoisotopic (exact) mass is 245 g/mol. The van der Waals surface area contributed by atoms with Gasteiger partial charge in [0, 0.05) is 24.5 Å². The predicted molar refractivity (Wildman–Crippen MR) is 72.7 cm³/mol. The maximum absolute atomic E-state index is 9.64. The molecule has 0 aliphatic heterocycles. The highest BCUT2D eigenvalue weighted by atomic mass is 16.3. The normalized spacial score (nSPS) is 10.6. The quantitative estimate of drug-likeness (QED) is 0.851. The first-order valence-corrected chi connectivity index (χ1v) is 6.25. The van der Waals surface area contributed by atoms with Crippen LogP contribution in [0.4, 0.5) is 5.69 Å². The number of rotatable bonds is 5. The maximum atomic E-state index is 9.64. The Hall–Kier alpha value is -1.97. The van der Waals surface area contributed by atoms with Crippen molar-refractivity contribution in [3.8, 4) is 5.75 Å². The third-order valence-corrected chi connectivity index (χ3v) is 2.92. The van der Waals surface area contributed by atoms with Gasteiger partial charge < -0.3 is 10.4 Å². The number of phenolic OH excluding ortho intramolecular Hbond substituents is 1. The van der Waals surface area contributed by atoms with E-state index in [-0.39, 0.29) is 0 Å². The number of aromatic nitrogens is 2. The molecule has 0 atom stereocenters. The molecule has 4 nitrogen and oxygen atoms in total. The van der Waals surface area contributed by atoms with Crippen LogP contribution in [0.3, 0.4) is 0 Å². The van der Waals surface area contributed by atoms with Gasteiger partial charge in [-0.15, -0.1) is 0 Å². The highest BCUT2D eigenvalue weighted by molar-refractivity contribution is 5.50. The molecule has 0 spiro atoms. The molecule has 0 bridgehead atoms. The van der Waals surface area contributed by atoms with Crippen LogP contribution in [0.1, 0.15) is 24.6 Å². The average Bonchev–Trinajstić information content (AvgIpc) is 2.79. The molecule has 4 heteroatoms. The fourth-order valence-electron chi connectivity index (χ4n) is 1.84. The topological polar surface area (TPSA) is 50.1 Å². The number of phenols is 1. The van der Waals surface area contributed by atoms with Crippen molar-refractivity contribution >= 4 is 5.69 Å². The van der Waals surface area contributed by atoms with Crippen molar-refractivity contribution in [2.75, 3.05) is 5.32 Å². The minimum absolute atomic E-state index is 0.321. The molecule has 0 saturated heterocycles. The molecule has 1 heterocycles. The summed E-state index contributed by atoms with van der Waals surface area (Å²) in [5.41, 5.74) is 2.95. The first kappa shape index (κ1) is 12.5. The minimum Gasteiger partial charge on any atom is -0.508 e. The van der Waals surface area contributed by atoms with Gasteiger partial charge in [0.1, 0.15) is 5.75 Å². The number of aromatic hydroxyl groups is 1. The molecular weight excluding hydrogens is 226 g/mol. The van der Waals surface area contributed by atoms with Crippen molar-refractivity contribution in [2.45, 2.75) is 33.4 Å². The number of nitrogens with one attached hydrogen (secondary N) is 1. The van der Waals surface area contributed by atoms with E-state index in [4.69, 9.17) is 0 Å². The molecule has 0 unspecified atom stereocenters. The molecule has 0 amide bonds. The van der Waals surface area contributed by atoms with Crippen molar-refractivity contribution < 1.29 is 5.11 Å². The van der Waals surface area contributed by atoms with Gasteiger partial charge in [0.05, 0.1) is 12.2 Å². The van der Waals surface area contributed by atoms with Crippen LogP contribution in [0, 0.1) is 6.92 Å². The van der Waals surface area contributed by atoms with Gasteiger partial charge in [0.25, 0.3) is 0 Å². The Morgan fingerprint density at radius 1 is 1.33 bits per heavy atom. The fraction of sp³-hybridized carbons (Fsp3) is 0.357. The van der Waals surface area contributed by atoms with E-state index in [1.165, 1.54) is 0 Å². The van der Waals surface area contributed by atoms with Gasteiger partial charge in [-0.1, -0.05) is 13.0 Å². The van der Waals surface area contributed by atoms with Gasteiger partial charge in [0.2, 0.25) is 0 Å². The largest absolute Gasteiger partial charge is 0.508 e. The second-order valence-corrected chi connectivity index (χ2v) is 4.40. The third kappa shape index (κ3) is 2.83. The van der Waals surface area contributed by atoms with Gasteiger partial charge in [-0.05, 0) is 31.0 Å². The predicted octanol–water partition coefficient (Wildman–Crippen LogP) is 2.92. The zero-order valence-electron chi connectivity index (χ0n) is 10.8. The number of anilines is 1. The summed E-state index contributed by atoms with van der Waals surface area (Å²) in [6, 6.07) is 7.63. The van der Waals surface area contributed by atoms with E-state index in [0.29, 0.717) is 12.3 Å². The summed E-state index contributed by atoms with van der Waals surface area (Å²) in [5, 5.41) is 17.2. The van der Waals surface area contributed by atoms with Crippen LogP contribution in [-0.2, 0) is 13.1 Å². The molecular formula is C14H19N3O. The molecule has 2 N–H and O–H groups in total. The van der Waals surface area contributed by atoms with Crippen molar-refractivity contribution in [1.29, 1.82) is 0 Å². The van der Waals surface area contributed by atoms with Crippen LogP contribution in [0.5, 0.6) is 5.75 Å². The molecule has 1 aromatic carbocycles. The number of benzene rings is 1. The molecule has 0 saturated carbocycles. The lowest BCUT2D eigenvalue weighted by Crippen LogP contribution is -2.08. The standard InChI is InChI=1S/C14H19N3O/c1-3-8-17-13(6-7-16-17)10-15-12-5-4-11(2)14(18)9-12/h4-7,9,15,18H,3,8,10H2,1-2H3. The molecule has 1 aromatic heterocycles. The van der Waals surface area contributed by atoms with Crippen LogP contribution in [0.15, 0.2) is 30.5 Å². The zero-order valence-corrected chi connectivity index (χ0v) is 10.8. The number of hydrogen-bond acceptors (Lipinski definition) is 3. The van der Waals surface area contributed by atoms with E-state index in [1.54, 1.807) is 6.07 Å². The van der Waals surface area contributed by atoms with Crippen molar-refractivity contribution in [3.63, 3.8) is 0 Å². The second kappa shape index (κ2) is 5.58. The lowest BCUT2D eigenvalue weighted by atomic mass is 10.2. The molecule has 0 aliphatic rings. The van der Waals surface area contributed by atoms with Crippen molar-refractivity contribution in [2.24, 2.45) is 0 Å². The van der Waals surface area contributed by atoms with Crippen LogP contribution in [-0.4, -0.2) is 14.9 Å². The summed E-state index contributed by atoms with van der Waals surface area (Å²) >= 11 is 0. The van der Waals surface area contributed by atoms with Gasteiger partial charge in [0.15, 0.2) is 0 Å². The number of aryl methyl sites for hydroxylation is 2. The summed E-state index contributed by atoms with van der Waals surface area (Å²) < 4.78 is 2.00. The molecule has 2 rings (SSSR count). The van der Waals surface area contributed by atoms with E-state index in [1.807, 2.05) is 36.0 Å². The van der Waals surface area contributed by atoms with E-state index < -0.39 is 0 Å². The van der Waals surface area contributed by atoms with Crippen LogP contribution in [0.25, 0.3) is 0 Å². The third-order valence-electron chi connectivity index (χ3n) is 2.92. The smallest absolute Gasteiger partial charge is 0.120 e. The van der Waals surface area contributed by atoms with Crippen LogP contribution in [0.2, 0.25) is 0 Å². The summed E-state index contributed by atoms with van der Waals surface area (Å²) in [4.78, 5) is 0. The number of hydrogen-bond donors (Lipinski definition) is 2. The fourth-order valence-corrected chi connectivity index (χ4v) is 1.84. The molecule has 2 aromatic rings. The highest BCUT2D eigenvalue weighted by Crippen LogP contribution is 2.21. The molecule has 0 fully saturated rings. The van der Waals surface area contributed by atoms with Crippen LogP contribution >= 0.6 is 0 Å².